The van der Waals surface area contributed by atoms with E-state index in [0.29, 0.717) is 0 Å². The van der Waals surface area contributed by atoms with Gasteiger partial charge in [0, 0.05) is 19.6 Å². The third-order valence-electron chi connectivity index (χ3n) is 3.88. The molecule has 0 aromatic heterocycles. The van der Waals surface area contributed by atoms with Crippen LogP contribution in [0.25, 0.3) is 0 Å². The van der Waals surface area contributed by atoms with Crippen LogP contribution in [-0.4, -0.2) is 37.7 Å². The molecule has 0 amide bonds. The van der Waals surface area contributed by atoms with Gasteiger partial charge in [-0.1, -0.05) is 44.2 Å². The van der Waals surface area contributed by atoms with Crippen LogP contribution in [0.15, 0.2) is 30.3 Å². The molecule has 2 rings (SSSR count). The van der Waals surface area contributed by atoms with Crippen molar-refractivity contribution in [1.29, 1.82) is 0 Å². The molecule has 1 aromatic rings. The second-order valence-electron chi connectivity index (χ2n) is 5.61. The first-order valence-corrected chi connectivity index (χ1v) is 7.09. The minimum atomic E-state index is 0.730. The summed E-state index contributed by atoms with van der Waals surface area (Å²) in [6.07, 6.45) is 1.19. The second kappa shape index (κ2) is 6.91. The topological polar surface area (TPSA) is 12.5 Å². The highest BCUT2D eigenvalue weighted by atomic mass is 16.5. The van der Waals surface area contributed by atoms with E-state index in [9.17, 15) is 0 Å². The van der Waals surface area contributed by atoms with E-state index in [2.05, 4.69) is 49.1 Å². The standard InChI is InChI=1S/C16H25NO/c1-14(2)16(12-15-6-4-3-5-7-15)13-17-8-10-18-11-9-17/h3-7,14,16H,8-13H2,1-2H3. The van der Waals surface area contributed by atoms with Crippen molar-refractivity contribution in [2.45, 2.75) is 20.3 Å². The smallest absolute Gasteiger partial charge is 0.0594 e. The van der Waals surface area contributed by atoms with Gasteiger partial charge >= 0.3 is 0 Å². The van der Waals surface area contributed by atoms with Gasteiger partial charge in [0.05, 0.1) is 13.2 Å². The van der Waals surface area contributed by atoms with Gasteiger partial charge in [0.25, 0.3) is 0 Å². The van der Waals surface area contributed by atoms with Gasteiger partial charge in [0.1, 0.15) is 0 Å². The molecular formula is C16H25NO. The van der Waals surface area contributed by atoms with Gasteiger partial charge in [-0.2, -0.15) is 0 Å². The summed E-state index contributed by atoms with van der Waals surface area (Å²) in [6.45, 7) is 9.88. The van der Waals surface area contributed by atoms with Crippen molar-refractivity contribution in [1.82, 2.24) is 4.90 Å². The Bertz CT molecular complexity index is 330. The van der Waals surface area contributed by atoms with E-state index in [1.165, 1.54) is 18.5 Å². The van der Waals surface area contributed by atoms with Gasteiger partial charge in [-0.3, -0.25) is 4.90 Å². The van der Waals surface area contributed by atoms with Gasteiger partial charge in [-0.15, -0.1) is 0 Å². The molecule has 1 atom stereocenters. The molecule has 18 heavy (non-hydrogen) atoms. The molecule has 100 valence electrons. The van der Waals surface area contributed by atoms with Crippen molar-refractivity contribution in [2.24, 2.45) is 11.8 Å². The molecule has 1 unspecified atom stereocenters. The second-order valence-corrected chi connectivity index (χ2v) is 5.61. The summed E-state index contributed by atoms with van der Waals surface area (Å²) in [6, 6.07) is 10.9. The predicted octanol–water partition coefficient (Wildman–Crippen LogP) is 2.83. The average molecular weight is 247 g/mol. The first-order valence-electron chi connectivity index (χ1n) is 7.09. The highest BCUT2D eigenvalue weighted by Crippen LogP contribution is 2.19. The van der Waals surface area contributed by atoms with Gasteiger partial charge < -0.3 is 4.74 Å². The number of ether oxygens (including phenoxy) is 1. The van der Waals surface area contributed by atoms with Crippen molar-refractivity contribution in [2.75, 3.05) is 32.8 Å². The van der Waals surface area contributed by atoms with Crippen molar-refractivity contribution < 1.29 is 4.74 Å². The molecular weight excluding hydrogens is 222 g/mol. The molecule has 1 aromatic carbocycles. The number of morpholine rings is 1. The highest BCUT2D eigenvalue weighted by Gasteiger charge is 2.19. The number of nitrogens with zero attached hydrogens (tertiary/aromatic N) is 1. The largest absolute Gasteiger partial charge is 0.379 e. The Morgan fingerprint density at radius 3 is 2.39 bits per heavy atom. The zero-order valence-electron chi connectivity index (χ0n) is 11.6. The zero-order chi connectivity index (χ0) is 12.8. The van der Waals surface area contributed by atoms with Crippen LogP contribution < -0.4 is 0 Å². The van der Waals surface area contributed by atoms with Crippen LogP contribution >= 0.6 is 0 Å². The minimum absolute atomic E-state index is 0.730. The van der Waals surface area contributed by atoms with Crippen LogP contribution in [0.5, 0.6) is 0 Å². The predicted molar refractivity (Wildman–Crippen MR) is 75.7 cm³/mol. The Morgan fingerprint density at radius 1 is 1.11 bits per heavy atom. The first-order chi connectivity index (χ1) is 8.75. The Morgan fingerprint density at radius 2 is 1.78 bits per heavy atom. The summed E-state index contributed by atoms with van der Waals surface area (Å²) in [7, 11) is 0. The molecule has 1 heterocycles. The lowest BCUT2D eigenvalue weighted by atomic mass is 9.88. The molecule has 0 aliphatic carbocycles. The number of hydrogen-bond donors (Lipinski definition) is 0. The zero-order valence-corrected chi connectivity index (χ0v) is 11.6. The fourth-order valence-electron chi connectivity index (χ4n) is 2.54. The van der Waals surface area contributed by atoms with E-state index in [0.717, 1.165) is 38.1 Å². The van der Waals surface area contributed by atoms with Gasteiger partial charge in [0.2, 0.25) is 0 Å². The maximum Gasteiger partial charge on any atom is 0.0594 e. The molecule has 0 saturated carbocycles. The van der Waals surface area contributed by atoms with E-state index >= 15 is 0 Å². The van der Waals surface area contributed by atoms with Crippen LogP contribution in [0.1, 0.15) is 19.4 Å². The molecule has 1 fully saturated rings. The highest BCUT2D eigenvalue weighted by molar-refractivity contribution is 5.15. The van der Waals surface area contributed by atoms with E-state index in [1.54, 1.807) is 0 Å². The third-order valence-corrected chi connectivity index (χ3v) is 3.88. The molecule has 0 N–H and O–H groups in total. The van der Waals surface area contributed by atoms with Crippen molar-refractivity contribution in [3.63, 3.8) is 0 Å². The third kappa shape index (κ3) is 4.11. The molecule has 0 spiro atoms. The van der Waals surface area contributed by atoms with Crippen LogP contribution in [0.4, 0.5) is 0 Å². The monoisotopic (exact) mass is 247 g/mol. The summed E-state index contributed by atoms with van der Waals surface area (Å²) < 4.78 is 5.42. The number of rotatable bonds is 5. The Hall–Kier alpha value is -0.860. The molecule has 1 saturated heterocycles. The van der Waals surface area contributed by atoms with E-state index < -0.39 is 0 Å². The van der Waals surface area contributed by atoms with Gasteiger partial charge in [0.15, 0.2) is 0 Å². The maximum atomic E-state index is 5.42. The van der Waals surface area contributed by atoms with Crippen LogP contribution in [-0.2, 0) is 11.2 Å². The Balaban J connectivity index is 1.91. The summed E-state index contributed by atoms with van der Waals surface area (Å²) in [5.74, 6) is 1.47. The molecule has 2 nitrogen and oxygen atoms in total. The minimum Gasteiger partial charge on any atom is -0.379 e. The van der Waals surface area contributed by atoms with Crippen LogP contribution in [0.3, 0.4) is 0 Å². The maximum absolute atomic E-state index is 5.42. The number of benzene rings is 1. The molecule has 1 aliphatic heterocycles. The van der Waals surface area contributed by atoms with Crippen LogP contribution in [0, 0.1) is 11.8 Å². The summed E-state index contributed by atoms with van der Waals surface area (Å²) in [4.78, 5) is 2.55. The van der Waals surface area contributed by atoms with Crippen molar-refractivity contribution >= 4 is 0 Å². The SMILES string of the molecule is CC(C)C(Cc1ccccc1)CN1CCOCC1. The van der Waals surface area contributed by atoms with E-state index in [1.807, 2.05) is 0 Å². The average Bonchev–Trinajstić information content (AvgIpc) is 2.40. The fraction of sp³-hybridized carbons (Fsp3) is 0.625. The van der Waals surface area contributed by atoms with E-state index in [-0.39, 0.29) is 0 Å². The quantitative estimate of drug-likeness (QED) is 0.793. The lowest BCUT2D eigenvalue weighted by Crippen LogP contribution is -2.40. The molecule has 0 radical (unpaired) electrons. The fourth-order valence-corrected chi connectivity index (χ4v) is 2.54. The van der Waals surface area contributed by atoms with E-state index in [4.69, 9.17) is 4.74 Å². The molecule has 1 aliphatic rings. The number of hydrogen-bond acceptors (Lipinski definition) is 2. The molecule has 0 bridgehead atoms. The summed E-state index contributed by atoms with van der Waals surface area (Å²) in [5.41, 5.74) is 1.46. The Kier molecular flexibility index (Phi) is 5.21. The van der Waals surface area contributed by atoms with Crippen molar-refractivity contribution in [3.8, 4) is 0 Å². The van der Waals surface area contributed by atoms with Gasteiger partial charge in [-0.05, 0) is 23.8 Å². The first kappa shape index (κ1) is 13.6. The van der Waals surface area contributed by atoms with Crippen LogP contribution in [0.2, 0.25) is 0 Å². The van der Waals surface area contributed by atoms with Crippen molar-refractivity contribution in [3.05, 3.63) is 35.9 Å². The normalized spacial score (nSPS) is 19.1. The Labute approximate surface area is 111 Å². The lowest BCUT2D eigenvalue weighted by molar-refractivity contribution is 0.0271. The summed E-state index contributed by atoms with van der Waals surface area (Å²) in [5, 5.41) is 0. The van der Waals surface area contributed by atoms with Gasteiger partial charge in [-0.25, -0.2) is 0 Å². The summed E-state index contributed by atoms with van der Waals surface area (Å²) >= 11 is 0. The molecule has 2 heteroatoms. The lowest BCUT2D eigenvalue weighted by Gasteiger charge is -2.32.